The number of anilines is 1. The summed E-state index contributed by atoms with van der Waals surface area (Å²) in [6.45, 7) is 2.41. The van der Waals surface area contributed by atoms with Gasteiger partial charge in [0.05, 0.1) is 23.4 Å². The Balaban J connectivity index is 2.10. The molecular formula is C16H17N3O3S. The normalized spacial score (nSPS) is 11.6. The Kier molecular flexibility index (Phi) is 3.96. The first-order chi connectivity index (χ1) is 11.0. The zero-order valence-corrected chi connectivity index (χ0v) is 13.7. The maximum absolute atomic E-state index is 12.7. The van der Waals surface area contributed by atoms with Crippen LogP contribution in [0.5, 0.6) is 5.75 Å². The van der Waals surface area contributed by atoms with Gasteiger partial charge in [-0.1, -0.05) is 24.3 Å². The molecule has 1 aromatic heterocycles. The van der Waals surface area contributed by atoms with Gasteiger partial charge in [0.25, 0.3) is 10.0 Å². The number of nitrogens with zero attached hydrogens (tertiary/aromatic N) is 2. The molecule has 0 aliphatic heterocycles. The predicted octanol–water partition coefficient (Wildman–Crippen LogP) is 2.77. The minimum absolute atomic E-state index is 0.209. The van der Waals surface area contributed by atoms with Crippen molar-refractivity contribution >= 4 is 26.5 Å². The number of sulfonamides is 1. The molecule has 0 aliphatic rings. The lowest BCUT2D eigenvalue weighted by molar-refractivity contribution is 0.344. The number of fused-ring (bicyclic) bond motifs is 1. The molecular weight excluding hydrogens is 314 g/mol. The van der Waals surface area contributed by atoms with Crippen molar-refractivity contribution in [2.24, 2.45) is 7.05 Å². The highest BCUT2D eigenvalue weighted by Gasteiger charge is 2.19. The highest BCUT2D eigenvalue weighted by Crippen LogP contribution is 2.31. The van der Waals surface area contributed by atoms with Crippen LogP contribution >= 0.6 is 0 Å². The molecule has 0 aliphatic carbocycles. The Labute approximate surface area is 134 Å². The molecule has 0 spiro atoms. The standard InChI is InChI=1S/C16H17N3O3S/c1-3-22-15-8-9-16(14-7-5-4-6-13(14)15)23(20,21)18-12-10-17-19(2)11-12/h4-11,18H,3H2,1-2H3. The SMILES string of the molecule is CCOc1ccc(S(=O)(=O)Nc2cnn(C)c2)c2ccccc12. The van der Waals surface area contributed by atoms with E-state index in [1.54, 1.807) is 37.5 Å². The lowest BCUT2D eigenvalue weighted by Crippen LogP contribution is -2.13. The molecule has 0 radical (unpaired) electrons. The second-order valence-electron chi connectivity index (χ2n) is 5.05. The smallest absolute Gasteiger partial charge is 0.262 e. The summed E-state index contributed by atoms with van der Waals surface area (Å²) in [6, 6.07) is 10.5. The maximum Gasteiger partial charge on any atom is 0.262 e. The molecule has 0 fully saturated rings. The average molecular weight is 331 g/mol. The van der Waals surface area contributed by atoms with Gasteiger partial charge < -0.3 is 4.74 Å². The number of rotatable bonds is 5. The molecule has 23 heavy (non-hydrogen) atoms. The van der Waals surface area contributed by atoms with E-state index in [4.69, 9.17) is 4.74 Å². The van der Waals surface area contributed by atoms with Crippen LogP contribution < -0.4 is 9.46 Å². The Morgan fingerprint density at radius 2 is 1.91 bits per heavy atom. The summed E-state index contributed by atoms with van der Waals surface area (Å²) in [5, 5.41) is 5.35. The predicted molar refractivity (Wildman–Crippen MR) is 89.1 cm³/mol. The third-order valence-corrected chi connectivity index (χ3v) is 4.83. The molecule has 6 nitrogen and oxygen atoms in total. The van der Waals surface area contributed by atoms with Crippen molar-refractivity contribution in [2.75, 3.05) is 11.3 Å². The minimum Gasteiger partial charge on any atom is -0.493 e. The van der Waals surface area contributed by atoms with Gasteiger partial charge in [-0.2, -0.15) is 5.10 Å². The van der Waals surface area contributed by atoms with Crippen molar-refractivity contribution in [3.05, 3.63) is 48.8 Å². The monoisotopic (exact) mass is 331 g/mol. The molecule has 3 rings (SSSR count). The van der Waals surface area contributed by atoms with Crippen molar-refractivity contribution < 1.29 is 13.2 Å². The molecule has 0 bridgehead atoms. The van der Waals surface area contributed by atoms with Gasteiger partial charge in [-0.15, -0.1) is 0 Å². The topological polar surface area (TPSA) is 73.2 Å². The van der Waals surface area contributed by atoms with Crippen LogP contribution in [0.15, 0.2) is 53.7 Å². The van der Waals surface area contributed by atoms with Crippen molar-refractivity contribution in [3.63, 3.8) is 0 Å². The van der Waals surface area contributed by atoms with Crippen LogP contribution in [0.4, 0.5) is 5.69 Å². The first-order valence-corrected chi connectivity index (χ1v) is 8.65. The largest absolute Gasteiger partial charge is 0.493 e. The van der Waals surface area contributed by atoms with Gasteiger partial charge >= 0.3 is 0 Å². The highest BCUT2D eigenvalue weighted by atomic mass is 32.2. The third-order valence-electron chi connectivity index (χ3n) is 3.39. The first-order valence-electron chi connectivity index (χ1n) is 7.17. The van der Waals surface area contributed by atoms with E-state index in [1.165, 1.54) is 10.9 Å². The summed E-state index contributed by atoms with van der Waals surface area (Å²) >= 11 is 0. The molecule has 1 N–H and O–H groups in total. The van der Waals surface area contributed by atoms with E-state index >= 15 is 0 Å². The molecule has 120 valence electrons. The van der Waals surface area contributed by atoms with Gasteiger partial charge in [0, 0.05) is 24.0 Å². The number of nitrogens with one attached hydrogen (secondary N) is 1. The highest BCUT2D eigenvalue weighted by molar-refractivity contribution is 7.93. The fourth-order valence-corrected chi connectivity index (χ4v) is 3.68. The molecule has 0 unspecified atom stereocenters. The quantitative estimate of drug-likeness (QED) is 0.780. The van der Waals surface area contributed by atoms with Crippen molar-refractivity contribution in [1.29, 1.82) is 0 Å². The number of ether oxygens (including phenoxy) is 1. The molecule has 0 amide bonds. The number of hydrogen-bond donors (Lipinski definition) is 1. The van der Waals surface area contributed by atoms with E-state index < -0.39 is 10.0 Å². The second kappa shape index (κ2) is 5.92. The molecule has 2 aromatic carbocycles. The van der Waals surface area contributed by atoms with Gasteiger partial charge in [0.1, 0.15) is 5.75 Å². The second-order valence-corrected chi connectivity index (χ2v) is 6.70. The fraction of sp³-hybridized carbons (Fsp3) is 0.188. The number of benzene rings is 2. The van der Waals surface area contributed by atoms with Crippen molar-refractivity contribution in [2.45, 2.75) is 11.8 Å². The minimum atomic E-state index is -3.72. The Morgan fingerprint density at radius 1 is 1.17 bits per heavy atom. The van der Waals surface area contributed by atoms with E-state index in [0.29, 0.717) is 23.4 Å². The summed E-state index contributed by atoms with van der Waals surface area (Å²) in [7, 11) is -1.99. The zero-order chi connectivity index (χ0) is 16.4. The summed E-state index contributed by atoms with van der Waals surface area (Å²) in [4.78, 5) is 0.209. The summed E-state index contributed by atoms with van der Waals surface area (Å²) < 4.78 is 35.1. The lowest BCUT2D eigenvalue weighted by Gasteiger charge is -2.12. The number of hydrogen-bond acceptors (Lipinski definition) is 4. The summed E-state index contributed by atoms with van der Waals surface area (Å²) in [5.74, 6) is 0.670. The van der Waals surface area contributed by atoms with Gasteiger partial charge in [-0.05, 0) is 19.1 Å². The van der Waals surface area contributed by atoms with Gasteiger partial charge in [-0.25, -0.2) is 8.42 Å². The fourth-order valence-electron chi connectivity index (χ4n) is 2.44. The van der Waals surface area contributed by atoms with Crippen molar-refractivity contribution in [1.82, 2.24) is 9.78 Å². The van der Waals surface area contributed by atoms with Crippen LogP contribution in [-0.4, -0.2) is 24.8 Å². The van der Waals surface area contributed by atoms with Crippen molar-refractivity contribution in [3.8, 4) is 5.75 Å². The molecule has 0 saturated carbocycles. The van der Waals surface area contributed by atoms with E-state index in [-0.39, 0.29) is 4.90 Å². The van der Waals surface area contributed by atoms with Gasteiger partial charge in [0.15, 0.2) is 0 Å². The molecule has 1 heterocycles. The Hall–Kier alpha value is -2.54. The van der Waals surface area contributed by atoms with E-state index in [1.807, 2.05) is 19.1 Å². The molecule has 0 atom stereocenters. The van der Waals surface area contributed by atoms with Crippen LogP contribution in [0.25, 0.3) is 10.8 Å². The number of aromatic nitrogens is 2. The van der Waals surface area contributed by atoms with E-state index in [0.717, 1.165) is 5.39 Å². The zero-order valence-electron chi connectivity index (χ0n) is 12.9. The van der Waals surface area contributed by atoms with E-state index in [2.05, 4.69) is 9.82 Å². The van der Waals surface area contributed by atoms with Crippen LogP contribution in [0.2, 0.25) is 0 Å². The molecule has 7 heteroatoms. The van der Waals surface area contributed by atoms with Crippen LogP contribution in [0, 0.1) is 0 Å². The first kappa shape index (κ1) is 15.4. The van der Waals surface area contributed by atoms with Crippen LogP contribution in [0.3, 0.4) is 0 Å². The van der Waals surface area contributed by atoms with Gasteiger partial charge in [-0.3, -0.25) is 9.40 Å². The third kappa shape index (κ3) is 3.00. The lowest BCUT2D eigenvalue weighted by atomic mass is 10.1. The summed E-state index contributed by atoms with van der Waals surface area (Å²) in [5.41, 5.74) is 0.422. The Bertz CT molecular complexity index is 948. The van der Waals surface area contributed by atoms with Gasteiger partial charge in [0.2, 0.25) is 0 Å². The van der Waals surface area contributed by atoms with E-state index in [9.17, 15) is 8.42 Å². The Morgan fingerprint density at radius 3 is 2.57 bits per heavy atom. The maximum atomic E-state index is 12.7. The van der Waals surface area contributed by atoms with Crippen LogP contribution in [0.1, 0.15) is 6.92 Å². The van der Waals surface area contributed by atoms with Crippen LogP contribution in [-0.2, 0) is 17.1 Å². The molecule has 3 aromatic rings. The molecule has 0 saturated heterocycles. The number of aryl methyl sites for hydroxylation is 1. The average Bonchev–Trinajstić information content (AvgIpc) is 2.92. The summed E-state index contributed by atoms with van der Waals surface area (Å²) in [6.07, 6.45) is 3.07.